The van der Waals surface area contributed by atoms with Gasteiger partial charge in [-0.3, -0.25) is 14.6 Å². The zero-order valence-electron chi connectivity index (χ0n) is 22.6. The maximum absolute atomic E-state index is 14.6. The van der Waals surface area contributed by atoms with Crippen molar-refractivity contribution in [2.45, 2.75) is 44.3 Å². The second-order valence-electron chi connectivity index (χ2n) is 11.0. The lowest BCUT2D eigenvalue weighted by molar-refractivity contribution is -0.137. The molecular formula is C26H27F4N5O6S. The number of carbonyl (C=O) groups is 3. The van der Waals surface area contributed by atoms with Gasteiger partial charge < -0.3 is 20.2 Å². The smallest absolute Gasteiger partial charge is 0.417 e. The third-order valence-electron chi connectivity index (χ3n) is 6.97. The van der Waals surface area contributed by atoms with Crippen molar-refractivity contribution in [2.75, 3.05) is 25.0 Å². The number of pyridine rings is 1. The Hall–Kier alpha value is -4.05. The number of carboxylic acid groups (broad SMARTS) is 1. The molecule has 0 radical (unpaired) electrons. The largest absolute Gasteiger partial charge is 0.465 e. The SMILES string of the molecule is CC(C)(C)C(=O)Nc1cc(C(F)(F)F)cnc1CC1C2=C(CN(C(=O)O)C2)CN1C(=O)c1ccc(S(N)(=O)=O)c(F)c1. The Morgan fingerprint density at radius 3 is 2.33 bits per heavy atom. The lowest BCUT2D eigenvalue weighted by atomic mass is 9.95. The number of nitrogens with one attached hydrogen (secondary N) is 1. The van der Waals surface area contributed by atoms with Crippen LogP contribution in [0.3, 0.4) is 0 Å². The van der Waals surface area contributed by atoms with E-state index in [0.29, 0.717) is 23.4 Å². The molecule has 0 aliphatic carbocycles. The maximum atomic E-state index is 14.6. The number of primary sulfonamides is 1. The molecule has 1 aromatic carbocycles. The van der Waals surface area contributed by atoms with Crippen LogP contribution in [0, 0.1) is 11.2 Å². The number of anilines is 1. The summed E-state index contributed by atoms with van der Waals surface area (Å²) >= 11 is 0. The van der Waals surface area contributed by atoms with Gasteiger partial charge in [0.2, 0.25) is 15.9 Å². The average molecular weight is 614 g/mol. The van der Waals surface area contributed by atoms with E-state index < -0.39 is 61.8 Å². The van der Waals surface area contributed by atoms with Crippen molar-refractivity contribution in [1.29, 1.82) is 0 Å². The molecule has 0 spiro atoms. The van der Waals surface area contributed by atoms with Crippen molar-refractivity contribution in [3.05, 3.63) is 64.2 Å². The van der Waals surface area contributed by atoms with Crippen LogP contribution in [-0.4, -0.2) is 71.9 Å². The van der Waals surface area contributed by atoms with E-state index >= 15 is 0 Å². The molecular weight excluding hydrogens is 586 g/mol. The third-order valence-corrected chi connectivity index (χ3v) is 7.91. The Morgan fingerprint density at radius 2 is 1.79 bits per heavy atom. The van der Waals surface area contributed by atoms with Gasteiger partial charge in [0, 0.05) is 43.2 Å². The van der Waals surface area contributed by atoms with E-state index in [-0.39, 0.29) is 43.0 Å². The number of rotatable bonds is 5. The van der Waals surface area contributed by atoms with Crippen LogP contribution in [0.2, 0.25) is 0 Å². The van der Waals surface area contributed by atoms with Crippen LogP contribution in [0.1, 0.15) is 42.4 Å². The number of nitrogens with zero attached hydrogens (tertiary/aromatic N) is 3. The van der Waals surface area contributed by atoms with Crippen LogP contribution in [0.4, 0.5) is 28.0 Å². The van der Waals surface area contributed by atoms with Gasteiger partial charge in [0.05, 0.1) is 23.0 Å². The van der Waals surface area contributed by atoms with Crippen molar-refractivity contribution in [2.24, 2.45) is 10.6 Å². The Balaban J connectivity index is 1.75. The first-order valence-corrected chi connectivity index (χ1v) is 14.0. The molecule has 4 rings (SSSR count). The van der Waals surface area contributed by atoms with Gasteiger partial charge in [0.25, 0.3) is 5.91 Å². The molecule has 0 bridgehead atoms. The zero-order chi connectivity index (χ0) is 31.4. The molecule has 11 nitrogen and oxygen atoms in total. The number of halogens is 4. The summed E-state index contributed by atoms with van der Waals surface area (Å²) in [5.41, 5.74) is -1.46. The Morgan fingerprint density at radius 1 is 1.12 bits per heavy atom. The molecule has 3 heterocycles. The summed E-state index contributed by atoms with van der Waals surface area (Å²) in [6.45, 7) is 4.50. The van der Waals surface area contributed by atoms with Crippen LogP contribution in [0.5, 0.6) is 0 Å². The van der Waals surface area contributed by atoms with E-state index in [1.165, 1.54) is 4.90 Å². The minimum atomic E-state index is -4.77. The van der Waals surface area contributed by atoms with Crippen LogP contribution >= 0.6 is 0 Å². The average Bonchev–Trinajstić information content (AvgIpc) is 3.42. The van der Waals surface area contributed by atoms with Crippen molar-refractivity contribution < 1.29 is 45.5 Å². The monoisotopic (exact) mass is 613 g/mol. The fourth-order valence-electron chi connectivity index (χ4n) is 4.73. The predicted octanol–water partition coefficient (Wildman–Crippen LogP) is 3.23. The number of hydrogen-bond donors (Lipinski definition) is 3. The first-order valence-electron chi connectivity index (χ1n) is 12.5. The van der Waals surface area contributed by atoms with Gasteiger partial charge in [-0.05, 0) is 35.4 Å². The normalized spacial score (nSPS) is 17.5. The number of hydrogen-bond acceptors (Lipinski definition) is 6. The molecule has 0 fully saturated rings. The van der Waals surface area contributed by atoms with E-state index in [1.807, 2.05) is 0 Å². The van der Waals surface area contributed by atoms with E-state index in [0.717, 1.165) is 23.1 Å². The number of nitrogens with two attached hydrogens (primary N) is 1. The Bertz CT molecular complexity index is 1620. The van der Waals surface area contributed by atoms with E-state index in [4.69, 9.17) is 5.14 Å². The first-order chi connectivity index (χ1) is 19.3. The summed E-state index contributed by atoms with van der Waals surface area (Å²) in [5, 5.41) is 17.0. The third kappa shape index (κ3) is 6.23. The summed E-state index contributed by atoms with van der Waals surface area (Å²) < 4.78 is 78.3. The molecule has 0 saturated heterocycles. The summed E-state index contributed by atoms with van der Waals surface area (Å²) in [4.78, 5) is 43.5. The second kappa shape index (κ2) is 10.7. The molecule has 1 unspecified atom stereocenters. The van der Waals surface area contributed by atoms with Gasteiger partial charge >= 0.3 is 12.3 Å². The topological polar surface area (TPSA) is 163 Å². The minimum absolute atomic E-state index is 0.00155. The highest BCUT2D eigenvalue weighted by Crippen LogP contribution is 2.37. The molecule has 0 saturated carbocycles. The number of amides is 3. The van der Waals surface area contributed by atoms with Crippen LogP contribution in [0.25, 0.3) is 0 Å². The first kappa shape index (κ1) is 30.9. The molecule has 4 N–H and O–H groups in total. The molecule has 2 aliphatic heterocycles. The van der Waals surface area contributed by atoms with Crippen LogP contribution in [0.15, 0.2) is 46.5 Å². The summed E-state index contributed by atoms with van der Waals surface area (Å²) in [6.07, 6.45) is -5.60. The van der Waals surface area contributed by atoms with Gasteiger partial charge in [0.15, 0.2) is 0 Å². The van der Waals surface area contributed by atoms with Crippen molar-refractivity contribution in [1.82, 2.24) is 14.8 Å². The molecule has 1 atom stereocenters. The highest BCUT2D eigenvalue weighted by molar-refractivity contribution is 7.89. The zero-order valence-corrected chi connectivity index (χ0v) is 23.4. The molecule has 2 aromatic rings. The van der Waals surface area contributed by atoms with Crippen LogP contribution in [-0.2, 0) is 27.4 Å². The fourth-order valence-corrected chi connectivity index (χ4v) is 5.31. The van der Waals surface area contributed by atoms with Crippen molar-refractivity contribution in [3.8, 4) is 0 Å². The highest BCUT2D eigenvalue weighted by atomic mass is 32.2. The number of alkyl halides is 3. The molecule has 1 aromatic heterocycles. The van der Waals surface area contributed by atoms with Gasteiger partial charge in [-0.25, -0.2) is 22.7 Å². The number of sulfonamides is 1. The summed E-state index contributed by atoms with van der Waals surface area (Å²) in [6, 6.07) is 2.43. The minimum Gasteiger partial charge on any atom is -0.465 e. The Labute approximate surface area is 238 Å². The lowest BCUT2D eigenvalue weighted by Gasteiger charge is -2.30. The predicted molar refractivity (Wildman–Crippen MR) is 140 cm³/mol. The molecule has 42 heavy (non-hydrogen) atoms. The highest BCUT2D eigenvalue weighted by Gasteiger charge is 2.42. The number of benzene rings is 1. The van der Waals surface area contributed by atoms with Gasteiger partial charge in [-0.2, -0.15) is 13.2 Å². The number of aromatic nitrogens is 1. The molecule has 16 heteroatoms. The molecule has 226 valence electrons. The standard InChI is InChI=1S/C26H27F4N5O6S/c1-25(2,3)23(37)33-19-7-15(26(28,29)30)9-32-18(19)8-20-16-12-34(24(38)39)10-14(16)11-35(20)22(36)13-4-5-21(17(27)6-13)42(31,40)41/h4-7,9,20H,8,10-12H2,1-3H3,(H,33,37)(H,38,39)(H2,31,40,41). The number of carbonyl (C=O) groups excluding carboxylic acids is 2. The lowest BCUT2D eigenvalue weighted by Crippen LogP contribution is -2.43. The Kier molecular flexibility index (Phi) is 7.84. The van der Waals surface area contributed by atoms with Crippen molar-refractivity contribution in [3.63, 3.8) is 0 Å². The van der Waals surface area contributed by atoms with Crippen molar-refractivity contribution >= 4 is 33.6 Å². The fraction of sp³-hybridized carbons (Fsp3) is 0.385. The van der Waals surface area contributed by atoms with E-state index in [2.05, 4.69) is 10.3 Å². The second-order valence-corrected chi connectivity index (χ2v) is 12.6. The summed E-state index contributed by atoms with van der Waals surface area (Å²) in [7, 11) is -4.40. The van der Waals surface area contributed by atoms with Gasteiger partial charge in [-0.15, -0.1) is 0 Å². The quantitative estimate of drug-likeness (QED) is 0.344. The van der Waals surface area contributed by atoms with Gasteiger partial charge in [-0.1, -0.05) is 20.8 Å². The maximum Gasteiger partial charge on any atom is 0.417 e. The van der Waals surface area contributed by atoms with E-state index in [9.17, 15) is 45.5 Å². The van der Waals surface area contributed by atoms with Gasteiger partial charge in [0.1, 0.15) is 10.7 Å². The van der Waals surface area contributed by atoms with Crippen LogP contribution < -0.4 is 10.5 Å². The summed E-state index contributed by atoms with van der Waals surface area (Å²) in [5.74, 6) is -2.59. The molecule has 3 amide bonds. The van der Waals surface area contributed by atoms with E-state index in [1.54, 1.807) is 20.8 Å². The molecule has 2 aliphatic rings.